The number of pyridine rings is 1. The van der Waals surface area contributed by atoms with Gasteiger partial charge in [-0.2, -0.15) is 0 Å². The summed E-state index contributed by atoms with van der Waals surface area (Å²) >= 11 is 10.9. The molecule has 33 heavy (non-hydrogen) atoms. The normalized spacial score (nSPS) is 10.9. The monoisotopic (exact) mass is 541 g/mol. The summed E-state index contributed by atoms with van der Waals surface area (Å²) in [4.78, 5) is 16.9. The summed E-state index contributed by atoms with van der Waals surface area (Å²) in [6, 6.07) is 15.2. The van der Waals surface area contributed by atoms with Gasteiger partial charge in [0.05, 0.1) is 5.75 Å². The van der Waals surface area contributed by atoms with Crippen molar-refractivity contribution in [3.8, 4) is 17.1 Å². The highest BCUT2D eigenvalue weighted by molar-refractivity contribution is 9.10. The summed E-state index contributed by atoms with van der Waals surface area (Å²) in [6.07, 6.45) is 4.24. The Bertz CT molecular complexity index is 1280. The van der Waals surface area contributed by atoms with Crippen molar-refractivity contribution in [2.45, 2.75) is 25.4 Å². The number of benzene rings is 2. The van der Waals surface area contributed by atoms with E-state index >= 15 is 0 Å². The zero-order valence-corrected chi connectivity index (χ0v) is 21.2. The number of amides is 1. The van der Waals surface area contributed by atoms with Gasteiger partial charge in [0.25, 0.3) is 0 Å². The molecule has 2 aromatic heterocycles. The van der Waals surface area contributed by atoms with Gasteiger partial charge in [-0.25, -0.2) is 0 Å². The Balaban J connectivity index is 1.59. The fourth-order valence-corrected chi connectivity index (χ4v) is 4.95. The highest BCUT2D eigenvalue weighted by atomic mass is 79.9. The third-order valence-electron chi connectivity index (χ3n) is 5.02. The van der Waals surface area contributed by atoms with Crippen LogP contribution in [0.25, 0.3) is 17.1 Å². The molecule has 0 saturated heterocycles. The molecule has 4 aromatic rings. The van der Waals surface area contributed by atoms with Gasteiger partial charge in [-0.15, -0.1) is 10.2 Å². The number of carbonyl (C=O) groups is 1. The highest BCUT2D eigenvalue weighted by Gasteiger charge is 2.18. The van der Waals surface area contributed by atoms with E-state index in [2.05, 4.69) is 43.4 Å². The Morgan fingerprint density at radius 3 is 2.55 bits per heavy atom. The van der Waals surface area contributed by atoms with Crippen molar-refractivity contribution in [1.82, 2.24) is 19.7 Å². The molecular weight excluding hydrogens is 522 g/mol. The van der Waals surface area contributed by atoms with Crippen molar-refractivity contribution < 1.29 is 4.79 Å². The predicted molar refractivity (Wildman–Crippen MR) is 137 cm³/mol. The summed E-state index contributed by atoms with van der Waals surface area (Å²) < 4.78 is 2.93. The molecular formula is C24H21BrClN5OS. The van der Waals surface area contributed by atoms with E-state index in [1.165, 1.54) is 11.8 Å². The molecule has 0 bridgehead atoms. The Morgan fingerprint density at radius 1 is 1.12 bits per heavy atom. The second kappa shape index (κ2) is 10.5. The van der Waals surface area contributed by atoms with E-state index < -0.39 is 0 Å². The molecule has 168 valence electrons. The van der Waals surface area contributed by atoms with Crippen LogP contribution < -0.4 is 5.32 Å². The molecule has 0 spiro atoms. The molecule has 2 heterocycles. The first-order valence-electron chi connectivity index (χ1n) is 10.3. The molecule has 0 saturated carbocycles. The standard InChI is InChI=1S/C24H21BrClN5OS/c1-3-16-13-18(25)12-15(2)22(16)28-21(32)14-33-24-30-29-23(17-8-10-27-11-9-17)31(24)20-6-4-19(26)5-7-20/h4-13H,3,14H2,1-2H3,(H,28,32). The molecule has 6 nitrogen and oxygen atoms in total. The van der Waals surface area contributed by atoms with Crippen LogP contribution in [0.5, 0.6) is 0 Å². The molecule has 0 unspecified atom stereocenters. The lowest BCUT2D eigenvalue weighted by Crippen LogP contribution is -2.16. The molecule has 0 fully saturated rings. The van der Waals surface area contributed by atoms with E-state index in [1.54, 1.807) is 12.4 Å². The number of carbonyl (C=O) groups excluding carboxylic acids is 1. The second-order valence-corrected chi connectivity index (χ2v) is 9.60. The topological polar surface area (TPSA) is 72.7 Å². The van der Waals surface area contributed by atoms with Gasteiger partial charge in [0.2, 0.25) is 5.91 Å². The molecule has 0 aliphatic heterocycles. The zero-order chi connectivity index (χ0) is 23.4. The maximum absolute atomic E-state index is 12.8. The number of aryl methyl sites for hydroxylation is 2. The summed E-state index contributed by atoms with van der Waals surface area (Å²) in [5.41, 5.74) is 4.70. The summed E-state index contributed by atoms with van der Waals surface area (Å²) in [5.74, 6) is 0.761. The van der Waals surface area contributed by atoms with E-state index in [0.717, 1.165) is 39.0 Å². The number of thioether (sulfide) groups is 1. The first-order valence-corrected chi connectivity index (χ1v) is 12.5. The Morgan fingerprint density at radius 2 is 1.85 bits per heavy atom. The van der Waals surface area contributed by atoms with Gasteiger partial charge in [0.1, 0.15) is 0 Å². The van der Waals surface area contributed by atoms with Gasteiger partial charge in [-0.3, -0.25) is 14.3 Å². The maximum atomic E-state index is 12.8. The van der Waals surface area contributed by atoms with Crippen LogP contribution in [0, 0.1) is 6.92 Å². The molecule has 1 amide bonds. The van der Waals surface area contributed by atoms with Crippen LogP contribution in [-0.2, 0) is 11.2 Å². The first-order chi connectivity index (χ1) is 16.0. The molecule has 9 heteroatoms. The van der Waals surface area contributed by atoms with Crippen LogP contribution in [0.15, 0.2) is 70.6 Å². The third kappa shape index (κ3) is 5.46. The molecule has 1 N–H and O–H groups in total. The fraction of sp³-hybridized carbons (Fsp3) is 0.167. The van der Waals surface area contributed by atoms with E-state index in [1.807, 2.05) is 60.0 Å². The second-order valence-electron chi connectivity index (χ2n) is 7.30. The molecule has 0 aliphatic carbocycles. The van der Waals surface area contributed by atoms with Crippen molar-refractivity contribution in [2.24, 2.45) is 0 Å². The van der Waals surface area contributed by atoms with E-state index in [4.69, 9.17) is 11.6 Å². The minimum Gasteiger partial charge on any atom is -0.325 e. The van der Waals surface area contributed by atoms with Crippen LogP contribution in [-0.4, -0.2) is 31.4 Å². The Hall–Kier alpha value is -2.68. The lowest BCUT2D eigenvalue weighted by atomic mass is 10.1. The highest BCUT2D eigenvalue weighted by Crippen LogP contribution is 2.30. The van der Waals surface area contributed by atoms with Crippen LogP contribution >= 0.6 is 39.3 Å². The van der Waals surface area contributed by atoms with Crippen LogP contribution in [0.3, 0.4) is 0 Å². The van der Waals surface area contributed by atoms with Crippen molar-refractivity contribution >= 4 is 50.9 Å². The van der Waals surface area contributed by atoms with E-state index in [9.17, 15) is 4.79 Å². The van der Waals surface area contributed by atoms with Crippen LogP contribution in [0.4, 0.5) is 5.69 Å². The SMILES string of the molecule is CCc1cc(Br)cc(C)c1NC(=O)CSc1nnc(-c2ccncc2)n1-c1ccc(Cl)cc1. The number of rotatable bonds is 7. The lowest BCUT2D eigenvalue weighted by molar-refractivity contribution is -0.113. The molecule has 0 aliphatic rings. The van der Waals surface area contributed by atoms with Gasteiger partial charge < -0.3 is 5.32 Å². The molecule has 2 aromatic carbocycles. The number of anilines is 1. The van der Waals surface area contributed by atoms with Gasteiger partial charge in [0.15, 0.2) is 11.0 Å². The molecule has 0 atom stereocenters. The summed E-state index contributed by atoms with van der Waals surface area (Å²) in [7, 11) is 0. The van der Waals surface area contributed by atoms with Crippen molar-refractivity contribution in [2.75, 3.05) is 11.1 Å². The van der Waals surface area contributed by atoms with Gasteiger partial charge >= 0.3 is 0 Å². The summed E-state index contributed by atoms with van der Waals surface area (Å²) in [6.45, 7) is 4.06. The minimum absolute atomic E-state index is 0.101. The number of nitrogens with one attached hydrogen (secondary N) is 1. The predicted octanol–water partition coefficient (Wildman–Crippen LogP) is 6.35. The van der Waals surface area contributed by atoms with Gasteiger partial charge in [0, 0.05) is 38.8 Å². The smallest absolute Gasteiger partial charge is 0.234 e. The number of aromatic nitrogens is 4. The average molecular weight is 543 g/mol. The number of nitrogens with zero attached hydrogens (tertiary/aromatic N) is 4. The fourth-order valence-electron chi connectivity index (χ4n) is 3.45. The van der Waals surface area contributed by atoms with Crippen molar-refractivity contribution in [3.63, 3.8) is 0 Å². The number of hydrogen-bond acceptors (Lipinski definition) is 5. The lowest BCUT2D eigenvalue weighted by Gasteiger charge is -2.14. The maximum Gasteiger partial charge on any atom is 0.234 e. The van der Waals surface area contributed by atoms with Crippen molar-refractivity contribution in [1.29, 1.82) is 0 Å². The quantitative estimate of drug-likeness (QED) is 0.276. The van der Waals surface area contributed by atoms with Crippen LogP contribution in [0.1, 0.15) is 18.1 Å². The Labute approximate surface area is 209 Å². The van der Waals surface area contributed by atoms with Crippen LogP contribution in [0.2, 0.25) is 5.02 Å². The Kier molecular flexibility index (Phi) is 7.47. The van der Waals surface area contributed by atoms with E-state index in [-0.39, 0.29) is 11.7 Å². The summed E-state index contributed by atoms with van der Waals surface area (Å²) in [5, 5.41) is 13.1. The molecule has 4 rings (SSSR count). The van der Waals surface area contributed by atoms with E-state index in [0.29, 0.717) is 16.0 Å². The third-order valence-corrected chi connectivity index (χ3v) is 6.66. The largest absolute Gasteiger partial charge is 0.325 e. The van der Waals surface area contributed by atoms with Crippen molar-refractivity contribution in [3.05, 3.63) is 81.5 Å². The minimum atomic E-state index is -0.101. The first kappa shape index (κ1) is 23.5. The van der Waals surface area contributed by atoms with Gasteiger partial charge in [-0.05, 0) is 73.0 Å². The average Bonchev–Trinajstić information content (AvgIpc) is 3.24. The number of halogens is 2. The van der Waals surface area contributed by atoms with Gasteiger partial charge in [-0.1, -0.05) is 46.2 Å². The number of hydrogen-bond donors (Lipinski definition) is 1. The zero-order valence-electron chi connectivity index (χ0n) is 18.0. The molecule has 0 radical (unpaired) electrons.